The van der Waals surface area contributed by atoms with Gasteiger partial charge in [0.05, 0.1) is 12.5 Å². The van der Waals surface area contributed by atoms with Gasteiger partial charge in [0.2, 0.25) is 0 Å². The fourth-order valence-corrected chi connectivity index (χ4v) is 4.51. The van der Waals surface area contributed by atoms with Crippen LogP contribution in [0.4, 0.5) is 0 Å². The summed E-state index contributed by atoms with van der Waals surface area (Å²) in [6.45, 7) is 7.02. The predicted molar refractivity (Wildman–Crippen MR) is 132 cm³/mol. The average molecular weight is 522 g/mol. The summed E-state index contributed by atoms with van der Waals surface area (Å²) in [5.74, 6) is -2.36. The maximum atomic E-state index is 13.7. The first kappa shape index (κ1) is 27.0. The van der Waals surface area contributed by atoms with Gasteiger partial charge in [0.15, 0.2) is 0 Å². The first-order valence-corrected chi connectivity index (χ1v) is 12.1. The van der Waals surface area contributed by atoms with Crippen molar-refractivity contribution in [3.8, 4) is 0 Å². The zero-order valence-corrected chi connectivity index (χ0v) is 21.5. The first-order chi connectivity index (χ1) is 16.4. The van der Waals surface area contributed by atoms with E-state index in [1.165, 1.54) is 4.90 Å². The Hall–Kier alpha value is -2.61. The fraction of sp³-hybridized carbons (Fsp3) is 0.423. The summed E-state index contributed by atoms with van der Waals surface area (Å²) in [7, 11) is 0. The second-order valence-corrected chi connectivity index (χ2v) is 10.3. The molecule has 4 unspecified atom stereocenters. The Morgan fingerprint density at radius 1 is 1.09 bits per heavy atom. The molecule has 1 fully saturated rings. The van der Waals surface area contributed by atoms with E-state index >= 15 is 0 Å². The molecule has 7 nitrogen and oxygen atoms in total. The number of carbonyl (C=O) groups excluding carboxylic acids is 2. The van der Waals surface area contributed by atoms with Gasteiger partial charge in [-0.3, -0.25) is 9.59 Å². The second-order valence-electron chi connectivity index (χ2n) is 9.40. The Kier molecular flexibility index (Phi) is 8.46. The van der Waals surface area contributed by atoms with E-state index in [1.54, 1.807) is 76.2 Å². The molecule has 0 radical (unpaired) electrons. The van der Waals surface area contributed by atoms with Gasteiger partial charge in [0.1, 0.15) is 23.9 Å². The minimum Gasteiger partial charge on any atom is -0.481 e. The number of esters is 1. The Bertz CT molecular complexity index is 1080. The summed E-state index contributed by atoms with van der Waals surface area (Å²) in [5, 5.41) is 10.4. The number of amides is 1. The summed E-state index contributed by atoms with van der Waals surface area (Å²) >= 11 is 12.4. The number of benzene rings is 2. The lowest BCUT2D eigenvalue weighted by Crippen LogP contribution is -2.57. The molecular formula is C26H29Cl2NO6. The van der Waals surface area contributed by atoms with Gasteiger partial charge in [-0.2, -0.15) is 0 Å². The molecule has 0 aromatic heterocycles. The monoisotopic (exact) mass is 521 g/mol. The molecule has 188 valence electrons. The van der Waals surface area contributed by atoms with Crippen molar-refractivity contribution in [2.75, 3.05) is 0 Å². The largest absolute Gasteiger partial charge is 0.481 e. The molecule has 1 N–H and O–H groups in total. The van der Waals surface area contributed by atoms with Crippen LogP contribution < -0.4 is 0 Å². The molecule has 1 heterocycles. The van der Waals surface area contributed by atoms with Crippen molar-refractivity contribution < 1.29 is 29.0 Å². The smallest absolute Gasteiger partial charge is 0.329 e. The topological polar surface area (TPSA) is 93.1 Å². The van der Waals surface area contributed by atoms with Crippen molar-refractivity contribution in [2.45, 2.75) is 70.4 Å². The fourth-order valence-electron chi connectivity index (χ4n) is 4.19. The van der Waals surface area contributed by atoms with Crippen molar-refractivity contribution in [3.63, 3.8) is 0 Å². The van der Waals surface area contributed by atoms with Gasteiger partial charge in [-0.25, -0.2) is 4.79 Å². The number of halogens is 2. The van der Waals surface area contributed by atoms with Crippen molar-refractivity contribution in [3.05, 3.63) is 69.7 Å². The maximum Gasteiger partial charge on any atom is 0.329 e. The van der Waals surface area contributed by atoms with E-state index in [0.29, 0.717) is 21.2 Å². The highest BCUT2D eigenvalue weighted by Crippen LogP contribution is 2.44. The highest BCUT2D eigenvalue weighted by Gasteiger charge is 2.49. The lowest BCUT2D eigenvalue weighted by molar-refractivity contribution is -0.191. The summed E-state index contributed by atoms with van der Waals surface area (Å²) < 4.78 is 11.8. The van der Waals surface area contributed by atoms with Gasteiger partial charge in [-0.1, -0.05) is 54.4 Å². The molecule has 2 aromatic rings. The van der Waals surface area contributed by atoms with Crippen LogP contribution in [0.15, 0.2) is 48.5 Å². The van der Waals surface area contributed by atoms with Gasteiger partial charge in [-0.15, -0.1) is 0 Å². The van der Waals surface area contributed by atoms with E-state index in [9.17, 15) is 19.5 Å². The van der Waals surface area contributed by atoms with E-state index in [0.717, 1.165) is 0 Å². The zero-order valence-electron chi connectivity index (χ0n) is 20.0. The number of carboxylic acid groups (broad SMARTS) is 1. The van der Waals surface area contributed by atoms with Crippen LogP contribution in [0.2, 0.25) is 10.0 Å². The quantitative estimate of drug-likeness (QED) is 0.476. The second kappa shape index (κ2) is 11.0. The summed E-state index contributed by atoms with van der Waals surface area (Å²) in [6, 6.07) is 12.1. The number of carboxylic acids is 1. The van der Waals surface area contributed by atoms with Crippen LogP contribution in [0, 0.1) is 0 Å². The minimum atomic E-state index is -1.29. The molecule has 4 atom stereocenters. The number of morpholine rings is 1. The first-order valence-electron chi connectivity index (χ1n) is 11.3. The molecule has 1 aliphatic heterocycles. The van der Waals surface area contributed by atoms with Crippen molar-refractivity contribution >= 4 is 41.0 Å². The third-order valence-corrected chi connectivity index (χ3v) is 6.06. The summed E-state index contributed by atoms with van der Waals surface area (Å²) in [5.41, 5.74) is 0.537. The average Bonchev–Trinajstić information content (AvgIpc) is 2.75. The van der Waals surface area contributed by atoms with Gasteiger partial charge in [0, 0.05) is 10.0 Å². The number of rotatable bonds is 7. The molecule has 0 bridgehead atoms. The number of aliphatic carboxylic acids is 1. The SMILES string of the molecule is CCC(C(=O)OC(C)(C)C)N1C(=O)C(CC(=O)O)OC(c2cccc(Cl)c2)C1c1ccc(Cl)cc1. The van der Waals surface area contributed by atoms with Crippen LogP contribution in [-0.4, -0.2) is 45.6 Å². The van der Waals surface area contributed by atoms with Crippen LogP contribution in [0.1, 0.15) is 63.8 Å². The van der Waals surface area contributed by atoms with E-state index in [2.05, 4.69) is 0 Å². The highest BCUT2D eigenvalue weighted by atomic mass is 35.5. The molecule has 1 saturated heterocycles. The summed E-state index contributed by atoms with van der Waals surface area (Å²) in [4.78, 5) is 40.0. The van der Waals surface area contributed by atoms with Gasteiger partial charge >= 0.3 is 11.9 Å². The third kappa shape index (κ3) is 6.54. The van der Waals surface area contributed by atoms with Crippen molar-refractivity contribution in [2.24, 2.45) is 0 Å². The number of hydrogen-bond donors (Lipinski definition) is 1. The van der Waals surface area contributed by atoms with E-state index < -0.39 is 54.2 Å². The van der Waals surface area contributed by atoms with E-state index in [4.69, 9.17) is 32.7 Å². The number of carbonyl (C=O) groups is 3. The Balaban J connectivity index is 2.20. The van der Waals surface area contributed by atoms with Crippen LogP contribution in [-0.2, 0) is 23.9 Å². The van der Waals surface area contributed by atoms with Gasteiger partial charge in [-0.05, 0) is 62.6 Å². The third-order valence-electron chi connectivity index (χ3n) is 5.58. The molecule has 2 aromatic carbocycles. The summed E-state index contributed by atoms with van der Waals surface area (Å²) in [6.07, 6.45) is -2.39. The lowest BCUT2D eigenvalue weighted by atomic mass is 9.89. The van der Waals surface area contributed by atoms with Crippen LogP contribution in [0.25, 0.3) is 0 Å². The molecular weight excluding hydrogens is 493 g/mol. The Morgan fingerprint density at radius 2 is 1.74 bits per heavy atom. The predicted octanol–water partition coefficient (Wildman–Crippen LogP) is 5.60. The van der Waals surface area contributed by atoms with E-state index in [-0.39, 0.29) is 6.42 Å². The molecule has 1 aliphatic rings. The normalized spacial score (nSPS) is 21.5. The number of ether oxygens (including phenoxy) is 2. The van der Waals surface area contributed by atoms with E-state index in [1.807, 2.05) is 0 Å². The van der Waals surface area contributed by atoms with Crippen molar-refractivity contribution in [1.29, 1.82) is 0 Å². The highest BCUT2D eigenvalue weighted by molar-refractivity contribution is 6.30. The Morgan fingerprint density at radius 3 is 2.29 bits per heavy atom. The van der Waals surface area contributed by atoms with Crippen LogP contribution >= 0.6 is 23.2 Å². The molecule has 35 heavy (non-hydrogen) atoms. The minimum absolute atomic E-state index is 0.257. The van der Waals surface area contributed by atoms with Gasteiger partial charge < -0.3 is 19.5 Å². The molecule has 1 amide bonds. The zero-order chi connectivity index (χ0) is 25.9. The molecule has 9 heteroatoms. The number of nitrogens with zero attached hydrogens (tertiary/aromatic N) is 1. The molecule has 3 rings (SSSR count). The van der Waals surface area contributed by atoms with Gasteiger partial charge in [0.25, 0.3) is 5.91 Å². The molecule has 0 spiro atoms. The lowest BCUT2D eigenvalue weighted by Gasteiger charge is -2.47. The van der Waals surface area contributed by atoms with Crippen LogP contribution in [0.3, 0.4) is 0 Å². The Labute approximate surface area is 214 Å². The molecule has 0 saturated carbocycles. The maximum absolute atomic E-state index is 13.7. The number of hydrogen-bond acceptors (Lipinski definition) is 5. The van der Waals surface area contributed by atoms with Crippen molar-refractivity contribution in [1.82, 2.24) is 4.90 Å². The standard InChI is InChI=1S/C26H29Cl2NO6/c1-5-19(25(33)35-26(2,3)4)29-22(15-9-11-17(27)12-10-15)23(16-7-6-8-18(28)13-16)34-20(24(29)32)14-21(30)31/h6-13,19-20,22-23H,5,14H2,1-4H3,(H,30,31). The molecule has 0 aliphatic carbocycles. The van der Waals surface area contributed by atoms with Crippen LogP contribution in [0.5, 0.6) is 0 Å².